The average Bonchev–Trinajstić information content (AvgIpc) is 3.43. The van der Waals surface area contributed by atoms with Gasteiger partial charge in [-0.25, -0.2) is 14.8 Å². The van der Waals surface area contributed by atoms with E-state index in [4.69, 9.17) is 9.57 Å². The Balaban J connectivity index is 1.41. The van der Waals surface area contributed by atoms with Gasteiger partial charge in [0.2, 0.25) is 5.88 Å². The molecule has 2 N–H and O–H groups in total. The van der Waals surface area contributed by atoms with Crippen molar-refractivity contribution in [2.75, 3.05) is 13.7 Å². The summed E-state index contributed by atoms with van der Waals surface area (Å²) >= 11 is 0. The molecule has 1 atom stereocenters. The number of halogens is 3. The van der Waals surface area contributed by atoms with Crippen molar-refractivity contribution in [3.05, 3.63) is 107 Å². The fraction of sp³-hybridized carbons (Fsp3) is 0.207. The number of ether oxygens (including phenoxy) is 1. The lowest BCUT2D eigenvalue weighted by Gasteiger charge is -2.27. The lowest BCUT2D eigenvalue weighted by molar-refractivity contribution is -0.137. The number of aryl methyl sites for hydroxylation is 1. The molecule has 0 aliphatic heterocycles. The number of hydrazine groups is 1. The molecule has 2 aromatic carbocycles. The van der Waals surface area contributed by atoms with Crippen molar-refractivity contribution >= 4 is 11.9 Å². The van der Waals surface area contributed by atoms with E-state index in [1.807, 2.05) is 6.92 Å². The third-order valence-corrected chi connectivity index (χ3v) is 6.18. The second kappa shape index (κ2) is 13.6. The number of carbonyl (C=O) groups is 2. The molecule has 0 fully saturated rings. The smallest absolute Gasteiger partial charge is 0.416 e. The van der Waals surface area contributed by atoms with Crippen molar-refractivity contribution in [2.45, 2.75) is 25.7 Å². The number of imidazole rings is 1. The van der Waals surface area contributed by atoms with Crippen molar-refractivity contribution in [1.29, 1.82) is 5.26 Å². The van der Waals surface area contributed by atoms with Crippen LogP contribution in [0.5, 0.6) is 5.88 Å². The van der Waals surface area contributed by atoms with Crippen LogP contribution in [-0.2, 0) is 22.4 Å². The van der Waals surface area contributed by atoms with Gasteiger partial charge < -0.3 is 14.1 Å². The van der Waals surface area contributed by atoms with Gasteiger partial charge in [0.15, 0.2) is 5.69 Å². The first-order chi connectivity index (χ1) is 20.6. The summed E-state index contributed by atoms with van der Waals surface area (Å²) in [6.07, 6.45) is -1.21. The van der Waals surface area contributed by atoms with E-state index >= 15 is 0 Å². The van der Waals surface area contributed by atoms with Crippen LogP contribution in [0, 0.1) is 18.3 Å². The summed E-state index contributed by atoms with van der Waals surface area (Å²) in [4.78, 5) is 40.0. The third-order valence-electron chi connectivity index (χ3n) is 6.18. The molecule has 0 spiro atoms. The van der Waals surface area contributed by atoms with E-state index in [0.29, 0.717) is 5.69 Å². The maximum absolute atomic E-state index is 13.0. The molecule has 0 radical (unpaired) electrons. The third kappa shape index (κ3) is 7.94. The highest BCUT2D eigenvalue weighted by atomic mass is 19.4. The molecule has 14 heteroatoms. The zero-order valence-corrected chi connectivity index (χ0v) is 23.0. The minimum atomic E-state index is -4.53. The number of aromatic nitrogens is 3. The van der Waals surface area contributed by atoms with Crippen molar-refractivity contribution in [3.8, 4) is 17.6 Å². The predicted octanol–water partition coefficient (Wildman–Crippen LogP) is 4.06. The molecular formula is C29H26F3N7O4. The summed E-state index contributed by atoms with van der Waals surface area (Å²) < 4.78 is 46.1. The van der Waals surface area contributed by atoms with E-state index in [2.05, 4.69) is 27.1 Å². The van der Waals surface area contributed by atoms with Crippen LogP contribution in [0.25, 0.3) is 5.69 Å². The number of hydrogen-bond donors (Lipinski definition) is 2. The summed E-state index contributed by atoms with van der Waals surface area (Å²) in [5, 5.41) is 9.93. The SMILES string of the molecule is COc1nc(C(=O)ONNC(=O)CN(Cc2ccccc2)C(C#N)c2ccc(C(F)(F)F)cc2)ccc1-n1cnc(C)c1. The average molecular weight is 594 g/mol. The van der Waals surface area contributed by atoms with E-state index in [0.717, 1.165) is 23.4 Å². The van der Waals surface area contributed by atoms with Crippen molar-refractivity contribution in [2.24, 2.45) is 0 Å². The normalized spacial score (nSPS) is 11.9. The quantitative estimate of drug-likeness (QED) is 0.247. The summed E-state index contributed by atoms with van der Waals surface area (Å²) in [6.45, 7) is 1.57. The molecule has 43 heavy (non-hydrogen) atoms. The van der Waals surface area contributed by atoms with Crippen molar-refractivity contribution < 1.29 is 32.3 Å². The minimum absolute atomic E-state index is 0.114. The highest BCUT2D eigenvalue weighted by Crippen LogP contribution is 2.31. The molecule has 0 saturated carbocycles. The number of nitrogens with one attached hydrogen (secondary N) is 2. The van der Waals surface area contributed by atoms with E-state index < -0.39 is 29.7 Å². The van der Waals surface area contributed by atoms with Gasteiger partial charge >= 0.3 is 12.1 Å². The number of rotatable bonds is 11. The summed E-state index contributed by atoms with van der Waals surface area (Å²) in [5.74, 6) is -1.47. The van der Waals surface area contributed by atoms with Gasteiger partial charge in [-0.2, -0.15) is 18.4 Å². The molecule has 1 amide bonds. The van der Waals surface area contributed by atoms with Crippen LogP contribution in [0.3, 0.4) is 0 Å². The first-order valence-corrected chi connectivity index (χ1v) is 12.7. The minimum Gasteiger partial charge on any atom is -0.479 e. The molecule has 4 aromatic rings. The molecule has 0 aliphatic carbocycles. The number of hydrogen-bond acceptors (Lipinski definition) is 9. The van der Waals surface area contributed by atoms with Gasteiger partial charge in [-0.15, -0.1) is 0 Å². The van der Waals surface area contributed by atoms with E-state index in [-0.39, 0.29) is 30.2 Å². The van der Waals surface area contributed by atoms with Crippen molar-refractivity contribution in [1.82, 2.24) is 30.4 Å². The Morgan fingerprint density at radius 1 is 1.09 bits per heavy atom. The Hall–Kier alpha value is -5.26. The summed E-state index contributed by atoms with van der Waals surface area (Å²) in [6, 6.07) is 17.1. The number of nitriles is 1. The molecule has 222 valence electrons. The lowest BCUT2D eigenvalue weighted by Crippen LogP contribution is -2.45. The second-order valence-corrected chi connectivity index (χ2v) is 9.23. The monoisotopic (exact) mass is 593 g/mol. The first kappa shape index (κ1) is 30.7. The van der Waals surface area contributed by atoms with Gasteiger partial charge in [-0.05, 0) is 42.3 Å². The van der Waals surface area contributed by atoms with E-state index in [9.17, 15) is 28.0 Å². The highest BCUT2D eigenvalue weighted by molar-refractivity contribution is 5.87. The Morgan fingerprint density at radius 3 is 2.42 bits per heavy atom. The summed E-state index contributed by atoms with van der Waals surface area (Å²) in [5.41, 5.74) is 5.68. The molecule has 0 saturated heterocycles. The molecule has 11 nitrogen and oxygen atoms in total. The van der Waals surface area contributed by atoms with Gasteiger partial charge in [-0.3, -0.25) is 15.1 Å². The van der Waals surface area contributed by atoms with Gasteiger partial charge in [-0.1, -0.05) is 48.1 Å². The van der Waals surface area contributed by atoms with Gasteiger partial charge in [0.25, 0.3) is 5.91 Å². The molecule has 1 unspecified atom stereocenters. The maximum Gasteiger partial charge on any atom is 0.416 e. The number of alkyl halides is 3. The number of benzene rings is 2. The molecule has 0 aliphatic rings. The Labute approximate surface area is 244 Å². The van der Waals surface area contributed by atoms with E-state index in [1.54, 1.807) is 53.5 Å². The number of carbonyl (C=O) groups excluding carboxylic acids is 2. The maximum atomic E-state index is 13.0. The highest BCUT2D eigenvalue weighted by Gasteiger charge is 2.31. The van der Waals surface area contributed by atoms with Gasteiger partial charge in [0, 0.05) is 12.7 Å². The fourth-order valence-electron chi connectivity index (χ4n) is 4.13. The van der Waals surface area contributed by atoms with Crippen LogP contribution < -0.4 is 15.8 Å². The first-order valence-electron chi connectivity index (χ1n) is 12.7. The van der Waals surface area contributed by atoms with Crippen LogP contribution in [0.4, 0.5) is 13.2 Å². The zero-order valence-electron chi connectivity index (χ0n) is 23.0. The Kier molecular flexibility index (Phi) is 9.71. The topological polar surface area (TPSA) is 134 Å². The van der Waals surface area contributed by atoms with E-state index in [1.165, 1.54) is 30.2 Å². The number of nitrogens with zero attached hydrogens (tertiary/aromatic N) is 5. The predicted molar refractivity (Wildman–Crippen MR) is 146 cm³/mol. The molecular weight excluding hydrogens is 567 g/mol. The van der Waals surface area contributed by atoms with Crippen LogP contribution in [0.2, 0.25) is 0 Å². The van der Waals surface area contributed by atoms with Crippen molar-refractivity contribution in [3.63, 3.8) is 0 Å². The molecule has 4 rings (SSSR count). The zero-order chi connectivity index (χ0) is 31.0. The molecule has 2 aromatic heterocycles. The van der Waals surface area contributed by atoms with Gasteiger partial charge in [0.1, 0.15) is 11.7 Å². The van der Waals surface area contributed by atoms with Crippen LogP contribution in [0.1, 0.15) is 38.9 Å². The van der Waals surface area contributed by atoms with Gasteiger partial charge in [0.05, 0.1) is 37.3 Å². The number of methoxy groups -OCH3 is 1. The fourth-order valence-corrected chi connectivity index (χ4v) is 4.13. The number of pyridine rings is 1. The van der Waals surface area contributed by atoms with Crippen LogP contribution in [0.15, 0.2) is 79.3 Å². The largest absolute Gasteiger partial charge is 0.479 e. The standard InChI is InChI=1S/C29H26F3N7O4/c1-19-15-39(18-34-19)24-13-12-23(35-27(24)42-2)28(41)43-37-36-26(40)17-38(16-20-6-4-3-5-7-20)25(14-33)21-8-10-22(11-9-21)29(30,31)32/h3-13,15,18,25,37H,16-17H2,1-2H3,(H,36,40). The lowest BCUT2D eigenvalue weighted by atomic mass is 10.0. The van der Waals surface area contributed by atoms with Crippen LogP contribution in [-0.4, -0.2) is 45.0 Å². The Bertz CT molecular complexity index is 1600. The molecule has 0 bridgehead atoms. The second-order valence-electron chi connectivity index (χ2n) is 9.23. The molecule has 2 heterocycles. The Morgan fingerprint density at radius 2 is 1.81 bits per heavy atom. The number of amides is 1. The van der Waals surface area contributed by atoms with Crippen LogP contribution >= 0.6 is 0 Å². The summed E-state index contributed by atoms with van der Waals surface area (Å²) in [7, 11) is 1.39.